The zero-order valence-electron chi connectivity index (χ0n) is 13.9. The third kappa shape index (κ3) is 6.16. The van der Waals surface area contributed by atoms with E-state index in [0.717, 1.165) is 52.2 Å². The number of ether oxygens (including phenoxy) is 2. The molecule has 21 heavy (non-hydrogen) atoms. The first-order chi connectivity index (χ1) is 10.3. The quantitative estimate of drug-likeness (QED) is 0.599. The van der Waals surface area contributed by atoms with Gasteiger partial charge in [-0.2, -0.15) is 0 Å². The van der Waals surface area contributed by atoms with E-state index in [1.165, 1.54) is 5.56 Å². The third-order valence-corrected chi connectivity index (χ3v) is 4.14. The van der Waals surface area contributed by atoms with Crippen LogP contribution < -0.4 is 5.32 Å². The van der Waals surface area contributed by atoms with Crippen LogP contribution in [0.15, 0.2) is 30.3 Å². The molecule has 3 nitrogen and oxygen atoms in total. The predicted molar refractivity (Wildman–Crippen MR) is 88.9 cm³/mol. The maximum Gasteiger partial charge on any atom is 0.0487 e. The Hall–Kier alpha value is -0.900. The van der Waals surface area contributed by atoms with Gasteiger partial charge in [-0.3, -0.25) is 0 Å². The Kier molecular flexibility index (Phi) is 9.31. The van der Waals surface area contributed by atoms with E-state index in [9.17, 15) is 0 Å². The number of benzene rings is 1. The highest BCUT2D eigenvalue weighted by molar-refractivity contribution is 5.26. The zero-order valence-corrected chi connectivity index (χ0v) is 13.9. The number of hydrogen-bond donors (Lipinski definition) is 1. The van der Waals surface area contributed by atoms with Gasteiger partial charge in [0, 0.05) is 38.9 Å². The minimum Gasteiger partial charge on any atom is -0.385 e. The Morgan fingerprint density at radius 3 is 2.43 bits per heavy atom. The summed E-state index contributed by atoms with van der Waals surface area (Å²) in [4.78, 5) is 0. The smallest absolute Gasteiger partial charge is 0.0487 e. The molecule has 0 saturated heterocycles. The van der Waals surface area contributed by atoms with E-state index >= 15 is 0 Å². The molecule has 120 valence electrons. The number of rotatable bonds is 12. The highest BCUT2D eigenvalue weighted by Gasteiger charge is 2.29. The van der Waals surface area contributed by atoms with Gasteiger partial charge in [0.05, 0.1) is 0 Å². The molecule has 0 aliphatic heterocycles. The highest BCUT2D eigenvalue weighted by Crippen LogP contribution is 2.31. The lowest BCUT2D eigenvalue weighted by Gasteiger charge is -2.34. The Bertz CT molecular complexity index is 355. The average Bonchev–Trinajstić information content (AvgIpc) is 2.55. The summed E-state index contributed by atoms with van der Waals surface area (Å²) in [7, 11) is 1.73. The molecule has 1 aromatic rings. The minimum absolute atomic E-state index is 0.165. The lowest BCUT2D eigenvalue weighted by Crippen LogP contribution is -2.39. The van der Waals surface area contributed by atoms with Gasteiger partial charge in [0.2, 0.25) is 0 Å². The molecule has 0 radical (unpaired) electrons. The first-order valence-electron chi connectivity index (χ1n) is 8.12. The summed E-state index contributed by atoms with van der Waals surface area (Å²) in [6.07, 6.45) is 3.13. The molecule has 0 aromatic heterocycles. The van der Waals surface area contributed by atoms with Crippen LogP contribution in [-0.4, -0.2) is 40.0 Å². The number of likely N-dealkylation sites (N-methyl/N-ethyl adjacent to an activating group) is 1. The van der Waals surface area contributed by atoms with E-state index in [1.54, 1.807) is 7.11 Å². The van der Waals surface area contributed by atoms with Gasteiger partial charge in [0.15, 0.2) is 0 Å². The molecule has 0 bridgehead atoms. The van der Waals surface area contributed by atoms with Crippen LogP contribution >= 0.6 is 0 Å². The molecule has 3 heteroatoms. The molecule has 1 aromatic carbocycles. The first kappa shape index (κ1) is 18.1. The van der Waals surface area contributed by atoms with Gasteiger partial charge < -0.3 is 14.8 Å². The summed E-state index contributed by atoms with van der Waals surface area (Å²) < 4.78 is 10.8. The molecule has 1 rings (SSSR count). The summed E-state index contributed by atoms with van der Waals surface area (Å²) in [6.45, 7) is 8.80. The Morgan fingerprint density at radius 2 is 1.81 bits per heavy atom. The van der Waals surface area contributed by atoms with Crippen molar-refractivity contribution in [3.8, 4) is 0 Å². The normalized spacial score (nSPS) is 14.0. The number of methoxy groups -OCH3 is 1. The van der Waals surface area contributed by atoms with Crippen LogP contribution in [0.2, 0.25) is 0 Å². The summed E-state index contributed by atoms with van der Waals surface area (Å²) >= 11 is 0. The van der Waals surface area contributed by atoms with Gasteiger partial charge in [-0.05, 0) is 31.4 Å². The van der Waals surface area contributed by atoms with Crippen molar-refractivity contribution >= 4 is 0 Å². The molecule has 0 aliphatic rings. The van der Waals surface area contributed by atoms with Crippen LogP contribution in [0.4, 0.5) is 0 Å². The van der Waals surface area contributed by atoms with Crippen LogP contribution in [0.5, 0.6) is 0 Å². The predicted octanol–water partition coefficient (Wildman–Crippen LogP) is 3.39. The Morgan fingerprint density at radius 1 is 1.05 bits per heavy atom. The van der Waals surface area contributed by atoms with Crippen LogP contribution in [0.25, 0.3) is 0 Å². The third-order valence-electron chi connectivity index (χ3n) is 4.14. The molecule has 0 spiro atoms. The second kappa shape index (κ2) is 10.8. The van der Waals surface area contributed by atoms with Gasteiger partial charge in [0.1, 0.15) is 0 Å². The fourth-order valence-electron chi connectivity index (χ4n) is 2.67. The largest absolute Gasteiger partial charge is 0.385 e. The fraction of sp³-hybridized carbons (Fsp3) is 0.667. The zero-order chi connectivity index (χ0) is 15.4. The topological polar surface area (TPSA) is 30.5 Å². The van der Waals surface area contributed by atoms with Crippen molar-refractivity contribution in [2.24, 2.45) is 0 Å². The van der Waals surface area contributed by atoms with Crippen molar-refractivity contribution in [1.29, 1.82) is 0 Å². The summed E-state index contributed by atoms with van der Waals surface area (Å²) in [6, 6.07) is 10.8. The van der Waals surface area contributed by atoms with Gasteiger partial charge in [-0.15, -0.1) is 0 Å². The average molecular weight is 293 g/mol. The van der Waals surface area contributed by atoms with Gasteiger partial charge in [-0.1, -0.05) is 44.2 Å². The standard InChI is InChI=1S/C18H31NO2/c1-4-18(16-19-5-2,17-10-7-6-8-11-17)12-15-21-14-9-13-20-3/h6-8,10-11,19H,4-5,9,12-16H2,1-3H3. The molecule has 1 N–H and O–H groups in total. The van der Waals surface area contributed by atoms with Gasteiger partial charge in [-0.25, -0.2) is 0 Å². The van der Waals surface area contributed by atoms with Gasteiger partial charge in [0.25, 0.3) is 0 Å². The lowest BCUT2D eigenvalue weighted by atomic mass is 9.75. The van der Waals surface area contributed by atoms with Crippen molar-refractivity contribution in [2.75, 3.05) is 40.0 Å². The van der Waals surface area contributed by atoms with Crippen LogP contribution in [0, 0.1) is 0 Å². The first-order valence-corrected chi connectivity index (χ1v) is 8.12. The Labute approximate surface area is 130 Å². The van der Waals surface area contributed by atoms with Crippen molar-refractivity contribution in [1.82, 2.24) is 5.32 Å². The molecule has 0 fully saturated rings. The highest BCUT2D eigenvalue weighted by atomic mass is 16.5. The van der Waals surface area contributed by atoms with Crippen molar-refractivity contribution in [3.63, 3.8) is 0 Å². The van der Waals surface area contributed by atoms with E-state index < -0.39 is 0 Å². The van der Waals surface area contributed by atoms with E-state index in [0.29, 0.717) is 0 Å². The van der Waals surface area contributed by atoms with Crippen molar-refractivity contribution < 1.29 is 9.47 Å². The minimum atomic E-state index is 0.165. The van der Waals surface area contributed by atoms with E-state index in [2.05, 4.69) is 49.5 Å². The summed E-state index contributed by atoms with van der Waals surface area (Å²) in [5.41, 5.74) is 1.58. The number of nitrogens with one attached hydrogen (secondary N) is 1. The lowest BCUT2D eigenvalue weighted by molar-refractivity contribution is 0.0883. The monoisotopic (exact) mass is 293 g/mol. The molecule has 0 saturated carbocycles. The fourth-order valence-corrected chi connectivity index (χ4v) is 2.67. The van der Waals surface area contributed by atoms with E-state index in [4.69, 9.17) is 9.47 Å². The maximum atomic E-state index is 5.79. The Balaban J connectivity index is 2.59. The van der Waals surface area contributed by atoms with Crippen LogP contribution in [-0.2, 0) is 14.9 Å². The molecule has 1 unspecified atom stereocenters. The van der Waals surface area contributed by atoms with Crippen molar-refractivity contribution in [3.05, 3.63) is 35.9 Å². The van der Waals surface area contributed by atoms with Crippen molar-refractivity contribution in [2.45, 2.75) is 38.5 Å². The molecule has 0 amide bonds. The van der Waals surface area contributed by atoms with Crippen LogP contribution in [0.1, 0.15) is 38.7 Å². The second-order valence-corrected chi connectivity index (χ2v) is 5.49. The summed E-state index contributed by atoms with van der Waals surface area (Å²) in [5, 5.41) is 3.52. The molecular formula is C18H31NO2. The van der Waals surface area contributed by atoms with Crippen LogP contribution in [0.3, 0.4) is 0 Å². The molecular weight excluding hydrogens is 262 g/mol. The SMILES string of the molecule is CCNCC(CC)(CCOCCCOC)c1ccccc1. The van der Waals surface area contributed by atoms with E-state index in [-0.39, 0.29) is 5.41 Å². The second-order valence-electron chi connectivity index (χ2n) is 5.49. The maximum absolute atomic E-state index is 5.79. The number of hydrogen-bond acceptors (Lipinski definition) is 3. The molecule has 0 aliphatic carbocycles. The van der Waals surface area contributed by atoms with E-state index in [1.807, 2.05) is 0 Å². The molecule has 1 atom stereocenters. The van der Waals surface area contributed by atoms with Gasteiger partial charge >= 0.3 is 0 Å². The molecule has 0 heterocycles. The summed E-state index contributed by atoms with van der Waals surface area (Å²) in [5.74, 6) is 0.